The van der Waals surface area contributed by atoms with Crippen molar-refractivity contribution >= 4 is 5.69 Å². The summed E-state index contributed by atoms with van der Waals surface area (Å²) in [6.45, 7) is 5.57. The lowest BCUT2D eigenvalue weighted by molar-refractivity contribution is 0.285. The molecule has 0 unspecified atom stereocenters. The quantitative estimate of drug-likeness (QED) is 0.896. The van der Waals surface area contributed by atoms with Crippen molar-refractivity contribution in [2.75, 3.05) is 38.6 Å². The highest BCUT2D eigenvalue weighted by Crippen LogP contribution is 2.24. The van der Waals surface area contributed by atoms with Crippen molar-refractivity contribution in [3.63, 3.8) is 0 Å². The Morgan fingerprint density at radius 2 is 2.05 bits per heavy atom. The van der Waals surface area contributed by atoms with E-state index in [9.17, 15) is 0 Å². The van der Waals surface area contributed by atoms with E-state index in [2.05, 4.69) is 47.9 Å². The highest BCUT2D eigenvalue weighted by Gasteiger charge is 2.20. The molecule has 20 heavy (non-hydrogen) atoms. The van der Waals surface area contributed by atoms with Gasteiger partial charge < -0.3 is 15.5 Å². The SMILES string of the molecule is CC[C@H](N)c1ccc(N2CCC(CN(C)C)CC2)cn1. The highest BCUT2D eigenvalue weighted by atomic mass is 15.1. The second-order valence-corrected chi connectivity index (χ2v) is 6.15. The molecule has 112 valence electrons. The Hall–Kier alpha value is -1.13. The van der Waals surface area contributed by atoms with Crippen LogP contribution in [-0.4, -0.2) is 43.6 Å². The first-order valence-corrected chi connectivity index (χ1v) is 7.71. The summed E-state index contributed by atoms with van der Waals surface area (Å²) in [5, 5.41) is 0. The largest absolute Gasteiger partial charge is 0.370 e. The fraction of sp³-hybridized carbons (Fsp3) is 0.688. The fourth-order valence-electron chi connectivity index (χ4n) is 2.90. The van der Waals surface area contributed by atoms with Gasteiger partial charge in [0.2, 0.25) is 0 Å². The van der Waals surface area contributed by atoms with Crippen molar-refractivity contribution in [1.29, 1.82) is 0 Å². The number of hydrogen-bond acceptors (Lipinski definition) is 4. The van der Waals surface area contributed by atoms with E-state index in [0.717, 1.165) is 31.1 Å². The Kier molecular flexibility index (Phi) is 5.38. The molecule has 1 saturated heterocycles. The topological polar surface area (TPSA) is 45.4 Å². The zero-order valence-corrected chi connectivity index (χ0v) is 13.0. The Morgan fingerprint density at radius 1 is 1.35 bits per heavy atom. The van der Waals surface area contributed by atoms with Crippen LogP contribution in [0.5, 0.6) is 0 Å². The predicted octanol–water partition coefficient (Wildman–Crippen LogP) is 2.27. The van der Waals surface area contributed by atoms with Gasteiger partial charge in [0.1, 0.15) is 0 Å². The fourth-order valence-corrected chi connectivity index (χ4v) is 2.90. The van der Waals surface area contributed by atoms with Gasteiger partial charge in [-0.2, -0.15) is 0 Å². The van der Waals surface area contributed by atoms with Crippen molar-refractivity contribution < 1.29 is 0 Å². The number of nitrogens with zero attached hydrogens (tertiary/aromatic N) is 3. The van der Waals surface area contributed by atoms with Gasteiger partial charge in [0.05, 0.1) is 17.6 Å². The van der Waals surface area contributed by atoms with E-state index in [1.54, 1.807) is 0 Å². The maximum atomic E-state index is 6.01. The Balaban J connectivity index is 1.90. The van der Waals surface area contributed by atoms with E-state index in [1.807, 2.05) is 6.20 Å². The van der Waals surface area contributed by atoms with E-state index in [1.165, 1.54) is 25.1 Å². The van der Waals surface area contributed by atoms with E-state index < -0.39 is 0 Å². The molecule has 1 aromatic heterocycles. The van der Waals surface area contributed by atoms with E-state index in [-0.39, 0.29) is 6.04 Å². The molecule has 1 aliphatic rings. The molecule has 0 saturated carbocycles. The first-order valence-electron chi connectivity index (χ1n) is 7.71. The molecule has 1 fully saturated rings. The van der Waals surface area contributed by atoms with Crippen molar-refractivity contribution in [3.05, 3.63) is 24.0 Å². The molecule has 2 heterocycles. The summed E-state index contributed by atoms with van der Waals surface area (Å²) < 4.78 is 0. The Labute approximate surface area is 123 Å². The summed E-state index contributed by atoms with van der Waals surface area (Å²) in [5.74, 6) is 0.835. The van der Waals surface area contributed by atoms with Gasteiger partial charge >= 0.3 is 0 Å². The Morgan fingerprint density at radius 3 is 2.55 bits per heavy atom. The molecule has 0 radical (unpaired) electrons. The molecule has 2 rings (SSSR count). The van der Waals surface area contributed by atoms with Crippen LogP contribution < -0.4 is 10.6 Å². The number of piperidine rings is 1. The van der Waals surface area contributed by atoms with E-state index >= 15 is 0 Å². The second kappa shape index (κ2) is 7.04. The lowest BCUT2D eigenvalue weighted by atomic mass is 9.96. The lowest BCUT2D eigenvalue weighted by Crippen LogP contribution is -2.37. The molecule has 0 spiro atoms. The molecule has 1 atom stereocenters. The number of nitrogens with two attached hydrogens (primary N) is 1. The molecule has 4 nitrogen and oxygen atoms in total. The third-order valence-corrected chi connectivity index (χ3v) is 4.19. The van der Waals surface area contributed by atoms with Crippen molar-refractivity contribution in [1.82, 2.24) is 9.88 Å². The molecule has 2 N–H and O–H groups in total. The van der Waals surface area contributed by atoms with Crippen LogP contribution in [0.2, 0.25) is 0 Å². The lowest BCUT2D eigenvalue weighted by Gasteiger charge is -2.34. The average molecular weight is 276 g/mol. The van der Waals surface area contributed by atoms with Crippen LogP contribution in [0.15, 0.2) is 18.3 Å². The summed E-state index contributed by atoms with van der Waals surface area (Å²) in [6, 6.07) is 4.31. The minimum atomic E-state index is 0.0647. The molecule has 4 heteroatoms. The maximum Gasteiger partial charge on any atom is 0.0572 e. The monoisotopic (exact) mass is 276 g/mol. The van der Waals surface area contributed by atoms with Gasteiger partial charge in [-0.3, -0.25) is 4.98 Å². The van der Waals surface area contributed by atoms with Gasteiger partial charge in [-0.05, 0) is 51.4 Å². The van der Waals surface area contributed by atoms with Crippen LogP contribution in [0.1, 0.15) is 37.9 Å². The summed E-state index contributed by atoms with van der Waals surface area (Å²) in [7, 11) is 4.32. The maximum absolute atomic E-state index is 6.01. The zero-order chi connectivity index (χ0) is 14.5. The second-order valence-electron chi connectivity index (χ2n) is 6.15. The molecular weight excluding hydrogens is 248 g/mol. The third kappa shape index (κ3) is 3.93. The van der Waals surface area contributed by atoms with Crippen LogP contribution in [-0.2, 0) is 0 Å². The minimum absolute atomic E-state index is 0.0647. The molecular formula is C16H28N4. The zero-order valence-electron chi connectivity index (χ0n) is 13.0. The van der Waals surface area contributed by atoms with Gasteiger partial charge in [-0.15, -0.1) is 0 Å². The standard InChI is InChI=1S/C16H28N4/c1-4-15(17)16-6-5-14(11-18-16)20-9-7-13(8-10-20)12-19(2)3/h5-6,11,13,15H,4,7-10,12,17H2,1-3H3/t15-/m0/s1. The van der Waals surface area contributed by atoms with Gasteiger partial charge in [-0.1, -0.05) is 6.92 Å². The summed E-state index contributed by atoms with van der Waals surface area (Å²) in [4.78, 5) is 9.26. The molecule has 1 aromatic rings. The van der Waals surface area contributed by atoms with Crippen molar-refractivity contribution in [2.45, 2.75) is 32.2 Å². The highest BCUT2D eigenvalue weighted by molar-refractivity contribution is 5.45. The van der Waals surface area contributed by atoms with Crippen LogP contribution in [0, 0.1) is 5.92 Å². The predicted molar refractivity (Wildman–Crippen MR) is 84.9 cm³/mol. The van der Waals surface area contributed by atoms with Crippen LogP contribution in [0.25, 0.3) is 0 Å². The van der Waals surface area contributed by atoms with Gasteiger partial charge in [0.15, 0.2) is 0 Å². The van der Waals surface area contributed by atoms with E-state index in [0.29, 0.717) is 0 Å². The normalized spacial score (nSPS) is 18.6. The van der Waals surface area contributed by atoms with Gasteiger partial charge in [-0.25, -0.2) is 0 Å². The number of rotatable bonds is 5. The van der Waals surface area contributed by atoms with Crippen LogP contribution in [0.3, 0.4) is 0 Å². The number of hydrogen-bond donors (Lipinski definition) is 1. The number of anilines is 1. The summed E-state index contributed by atoms with van der Waals surface area (Å²) >= 11 is 0. The first-order chi connectivity index (χ1) is 9.60. The Bertz CT molecular complexity index is 393. The minimum Gasteiger partial charge on any atom is -0.370 e. The summed E-state index contributed by atoms with van der Waals surface area (Å²) in [5.41, 5.74) is 8.24. The average Bonchev–Trinajstić information content (AvgIpc) is 2.47. The van der Waals surface area contributed by atoms with E-state index in [4.69, 9.17) is 5.73 Å². The van der Waals surface area contributed by atoms with Crippen LogP contribution >= 0.6 is 0 Å². The molecule has 0 aromatic carbocycles. The first kappa shape index (κ1) is 15.3. The van der Waals surface area contributed by atoms with Crippen LogP contribution in [0.4, 0.5) is 5.69 Å². The molecule has 1 aliphatic heterocycles. The molecule has 0 amide bonds. The van der Waals surface area contributed by atoms with Gasteiger partial charge in [0.25, 0.3) is 0 Å². The molecule has 0 bridgehead atoms. The number of aromatic nitrogens is 1. The third-order valence-electron chi connectivity index (χ3n) is 4.19. The summed E-state index contributed by atoms with van der Waals surface area (Å²) in [6.07, 6.45) is 5.46. The van der Waals surface area contributed by atoms with Crippen molar-refractivity contribution in [3.8, 4) is 0 Å². The van der Waals surface area contributed by atoms with Crippen molar-refractivity contribution in [2.24, 2.45) is 11.7 Å². The number of pyridine rings is 1. The van der Waals surface area contributed by atoms with Gasteiger partial charge in [0, 0.05) is 25.7 Å². The molecule has 0 aliphatic carbocycles. The smallest absolute Gasteiger partial charge is 0.0572 e.